The van der Waals surface area contributed by atoms with E-state index >= 15 is 0 Å². The second-order valence-electron chi connectivity index (χ2n) is 6.44. The first-order chi connectivity index (χ1) is 9.16. The Balaban J connectivity index is 2.30. The molecular formula is C16H21BrO3. The minimum absolute atomic E-state index is 0.127. The molecule has 0 radical (unpaired) electrons. The molecule has 1 fully saturated rings. The molecule has 0 saturated carbocycles. The van der Waals surface area contributed by atoms with Gasteiger partial charge >= 0.3 is 0 Å². The monoisotopic (exact) mass is 340 g/mol. The number of halogens is 1. The van der Waals surface area contributed by atoms with E-state index in [2.05, 4.69) is 15.9 Å². The minimum atomic E-state index is -0.438. The van der Waals surface area contributed by atoms with Gasteiger partial charge in [-0.05, 0) is 68.2 Å². The molecule has 20 heavy (non-hydrogen) atoms. The molecular weight excluding hydrogens is 320 g/mol. The van der Waals surface area contributed by atoms with E-state index in [0.29, 0.717) is 5.56 Å². The van der Waals surface area contributed by atoms with Crippen molar-refractivity contribution >= 4 is 21.7 Å². The number of ether oxygens (including phenoxy) is 2. The summed E-state index contributed by atoms with van der Waals surface area (Å²) in [6.07, 6.45) is 0.739. The van der Waals surface area contributed by atoms with Crippen molar-refractivity contribution in [2.75, 3.05) is 7.11 Å². The molecule has 3 nitrogen and oxygen atoms in total. The first-order valence-corrected chi connectivity index (χ1v) is 7.53. The molecule has 1 heterocycles. The number of hydrogen-bond acceptors (Lipinski definition) is 3. The van der Waals surface area contributed by atoms with Crippen molar-refractivity contribution in [2.45, 2.75) is 45.3 Å². The number of methoxy groups -OCH3 is 1. The van der Waals surface area contributed by atoms with Gasteiger partial charge in [0, 0.05) is 5.56 Å². The third-order valence-electron chi connectivity index (χ3n) is 3.83. The van der Waals surface area contributed by atoms with Gasteiger partial charge in [-0.25, -0.2) is 0 Å². The van der Waals surface area contributed by atoms with E-state index < -0.39 is 5.60 Å². The predicted octanol–water partition coefficient (Wildman–Crippen LogP) is 4.23. The van der Waals surface area contributed by atoms with Gasteiger partial charge in [0.25, 0.3) is 0 Å². The molecule has 0 aromatic heterocycles. The number of Topliss-reactive ketones (excluding diaryl/α,β-unsaturated/α-hetero) is 1. The lowest BCUT2D eigenvalue weighted by molar-refractivity contribution is -0.0712. The van der Waals surface area contributed by atoms with Crippen molar-refractivity contribution in [3.63, 3.8) is 0 Å². The number of rotatable bonds is 3. The minimum Gasteiger partial charge on any atom is -0.496 e. The van der Waals surface area contributed by atoms with Crippen molar-refractivity contribution in [3.8, 4) is 5.75 Å². The van der Waals surface area contributed by atoms with Gasteiger partial charge < -0.3 is 9.47 Å². The van der Waals surface area contributed by atoms with Gasteiger partial charge in [0.2, 0.25) is 0 Å². The highest BCUT2D eigenvalue weighted by molar-refractivity contribution is 9.10. The fourth-order valence-corrected chi connectivity index (χ4v) is 3.53. The van der Waals surface area contributed by atoms with E-state index in [9.17, 15) is 4.79 Å². The summed E-state index contributed by atoms with van der Waals surface area (Å²) in [6.45, 7) is 8.05. The summed E-state index contributed by atoms with van der Waals surface area (Å²) in [6, 6.07) is 5.45. The number of hydrogen-bond donors (Lipinski definition) is 0. The lowest BCUT2D eigenvalue weighted by atomic mass is 9.82. The smallest absolute Gasteiger partial charge is 0.168 e. The number of ketones is 1. The van der Waals surface area contributed by atoms with Crippen LogP contribution in [0.3, 0.4) is 0 Å². The summed E-state index contributed by atoms with van der Waals surface area (Å²) in [5.74, 6) is 0.727. The van der Waals surface area contributed by atoms with E-state index in [-0.39, 0.29) is 17.3 Å². The van der Waals surface area contributed by atoms with Crippen LogP contribution in [0, 0.1) is 5.92 Å². The van der Waals surface area contributed by atoms with Crippen LogP contribution in [-0.4, -0.2) is 24.1 Å². The third kappa shape index (κ3) is 2.91. The van der Waals surface area contributed by atoms with Gasteiger partial charge in [-0.2, -0.15) is 0 Å². The van der Waals surface area contributed by atoms with Crippen LogP contribution in [0.5, 0.6) is 5.75 Å². The molecule has 0 N–H and O–H groups in total. The Morgan fingerprint density at radius 2 is 2.00 bits per heavy atom. The van der Waals surface area contributed by atoms with Crippen molar-refractivity contribution in [1.82, 2.24) is 0 Å². The molecule has 110 valence electrons. The van der Waals surface area contributed by atoms with Gasteiger partial charge in [0.05, 0.1) is 28.7 Å². The molecule has 1 saturated heterocycles. The highest BCUT2D eigenvalue weighted by atomic mass is 79.9. The zero-order valence-corrected chi connectivity index (χ0v) is 14.2. The molecule has 0 spiro atoms. The first-order valence-electron chi connectivity index (χ1n) is 6.74. The maximum absolute atomic E-state index is 12.8. The van der Waals surface area contributed by atoms with Crippen molar-refractivity contribution in [1.29, 1.82) is 0 Å². The highest BCUT2D eigenvalue weighted by Gasteiger charge is 2.49. The SMILES string of the molecule is COc1ccc(C(=O)C2CC(C)(C)OC2(C)C)cc1Br. The molecule has 4 heteroatoms. The molecule has 1 aromatic carbocycles. The lowest BCUT2D eigenvalue weighted by Crippen LogP contribution is -2.33. The van der Waals surface area contributed by atoms with Crippen molar-refractivity contribution in [3.05, 3.63) is 28.2 Å². The Morgan fingerprint density at radius 1 is 1.35 bits per heavy atom. The molecule has 0 amide bonds. The van der Waals surface area contributed by atoms with Crippen LogP contribution in [-0.2, 0) is 4.74 Å². The molecule has 2 rings (SSSR count). The molecule has 1 atom stereocenters. The topological polar surface area (TPSA) is 35.5 Å². The van der Waals surface area contributed by atoms with Crippen LogP contribution in [0.1, 0.15) is 44.5 Å². The largest absolute Gasteiger partial charge is 0.496 e. The third-order valence-corrected chi connectivity index (χ3v) is 4.45. The van der Waals surface area contributed by atoms with Crippen molar-refractivity contribution in [2.24, 2.45) is 5.92 Å². The van der Waals surface area contributed by atoms with Gasteiger partial charge in [-0.1, -0.05) is 0 Å². The fraction of sp³-hybridized carbons (Fsp3) is 0.562. The average molecular weight is 341 g/mol. The Hall–Kier alpha value is -0.870. The van der Waals surface area contributed by atoms with Gasteiger partial charge in [-0.15, -0.1) is 0 Å². The molecule has 1 aliphatic heterocycles. The van der Waals surface area contributed by atoms with E-state index in [1.807, 2.05) is 45.9 Å². The van der Waals surface area contributed by atoms with Crippen LogP contribution in [0.4, 0.5) is 0 Å². The predicted molar refractivity (Wildman–Crippen MR) is 82.4 cm³/mol. The quantitative estimate of drug-likeness (QED) is 0.772. The maximum atomic E-state index is 12.8. The molecule has 0 aliphatic carbocycles. The summed E-state index contributed by atoms with van der Waals surface area (Å²) in [5, 5.41) is 0. The van der Waals surface area contributed by atoms with Crippen LogP contribution < -0.4 is 4.74 Å². The molecule has 1 aromatic rings. The Bertz CT molecular complexity index is 535. The standard InChI is InChI=1S/C16H21BrO3/c1-15(2)9-11(16(3,4)20-15)14(18)10-6-7-13(19-5)12(17)8-10/h6-8,11H,9H2,1-5H3. The fourth-order valence-electron chi connectivity index (χ4n) is 2.99. The lowest BCUT2D eigenvalue weighted by Gasteiger charge is -2.26. The van der Waals surface area contributed by atoms with E-state index in [0.717, 1.165) is 16.6 Å². The molecule has 0 bridgehead atoms. The maximum Gasteiger partial charge on any atom is 0.168 e. The normalized spacial score (nSPS) is 23.6. The summed E-state index contributed by atoms with van der Waals surface area (Å²) in [5.41, 5.74) is -0.00222. The Labute approximate surface area is 128 Å². The number of carbonyl (C=O) groups excluding carboxylic acids is 1. The average Bonchev–Trinajstić information content (AvgIpc) is 2.56. The summed E-state index contributed by atoms with van der Waals surface area (Å²) in [7, 11) is 1.61. The summed E-state index contributed by atoms with van der Waals surface area (Å²) < 4.78 is 12.0. The number of benzene rings is 1. The summed E-state index contributed by atoms with van der Waals surface area (Å²) in [4.78, 5) is 12.8. The second kappa shape index (κ2) is 5.15. The van der Waals surface area contributed by atoms with Crippen LogP contribution in [0.15, 0.2) is 22.7 Å². The zero-order chi connectivity index (χ0) is 15.1. The first kappa shape index (κ1) is 15.5. The highest BCUT2D eigenvalue weighted by Crippen LogP contribution is 2.43. The van der Waals surface area contributed by atoms with E-state index in [1.54, 1.807) is 7.11 Å². The second-order valence-corrected chi connectivity index (χ2v) is 7.29. The van der Waals surface area contributed by atoms with Crippen molar-refractivity contribution < 1.29 is 14.3 Å². The van der Waals surface area contributed by atoms with Gasteiger partial charge in [0.1, 0.15) is 5.75 Å². The Kier molecular flexibility index (Phi) is 4.00. The van der Waals surface area contributed by atoms with Crippen LogP contribution in [0.25, 0.3) is 0 Å². The number of carbonyl (C=O) groups is 1. The van der Waals surface area contributed by atoms with E-state index in [4.69, 9.17) is 9.47 Å². The van der Waals surface area contributed by atoms with E-state index in [1.165, 1.54) is 0 Å². The zero-order valence-electron chi connectivity index (χ0n) is 12.6. The summed E-state index contributed by atoms with van der Waals surface area (Å²) >= 11 is 3.43. The van der Waals surface area contributed by atoms with Crippen LogP contribution >= 0.6 is 15.9 Å². The molecule has 1 unspecified atom stereocenters. The molecule has 1 aliphatic rings. The Morgan fingerprint density at radius 3 is 2.45 bits per heavy atom. The van der Waals surface area contributed by atoms with Gasteiger partial charge in [0.15, 0.2) is 5.78 Å². The van der Waals surface area contributed by atoms with Crippen LogP contribution in [0.2, 0.25) is 0 Å². The van der Waals surface area contributed by atoms with Gasteiger partial charge in [-0.3, -0.25) is 4.79 Å².